The van der Waals surface area contributed by atoms with E-state index < -0.39 is 15.9 Å². The summed E-state index contributed by atoms with van der Waals surface area (Å²) in [6.45, 7) is 2.77. The topological polar surface area (TPSA) is 66.9 Å². The number of sulfonamides is 1. The molecule has 0 radical (unpaired) electrons. The summed E-state index contributed by atoms with van der Waals surface area (Å²) >= 11 is 0. The van der Waals surface area contributed by atoms with E-state index in [1.807, 2.05) is 6.92 Å². The average Bonchev–Trinajstić information content (AvgIpc) is 2.75. The molecule has 0 spiro atoms. The normalized spacial score (nSPS) is 17.7. The van der Waals surface area contributed by atoms with Crippen LogP contribution < -0.4 is 9.64 Å². The molecule has 0 bridgehead atoms. The minimum absolute atomic E-state index is 0.130. The lowest BCUT2D eigenvalue weighted by molar-refractivity contribution is -0.123. The van der Waals surface area contributed by atoms with Gasteiger partial charge in [0.1, 0.15) is 11.6 Å². The summed E-state index contributed by atoms with van der Waals surface area (Å²) in [5, 5.41) is 0. The number of benzene rings is 2. The van der Waals surface area contributed by atoms with E-state index in [9.17, 15) is 17.6 Å². The molecule has 2 aromatic carbocycles. The van der Waals surface area contributed by atoms with Gasteiger partial charge in [0.2, 0.25) is 15.9 Å². The standard InChI is InChI=1S/C21H25FN2O4S/c1-3-24(18-8-6-17(22)7-9-18)21(25)16-5-4-14-23(15-16)29(26,27)20-12-10-19(28-2)11-13-20/h6-13,16H,3-5,14-15H2,1-2H3. The maximum absolute atomic E-state index is 13.2. The molecule has 1 amide bonds. The summed E-state index contributed by atoms with van der Waals surface area (Å²) in [5.74, 6) is -0.379. The lowest BCUT2D eigenvalue weighted by Gasteiger charge is -2.34. The molecule has 0 N–H and O–H groups in total. The van der Waals surface area contributed by atoms with E-state index in [1.165, 1.54) is 35.7 Å². The highest BCUT2D eigenvalue weighted by molar-refractivity contribution is 7.89. The second-order valence-corrected chi connectivity index (χ2v) is 8.87. The van der Waals surface area contributed by atoms with Crippen LogP contribution in [0.5, 0.6) is 5.75 Å². The molecular formula is C21H25FN2O4S. The molecule has 1 aliphatic heterocycles. The Labute approximate surface area is 170 Å². The predicted octanol–water partition coefficient (Wildman–Crippen LogP) is 3.29. The van der Waals surface area contributed by atoms with E-state index in [2.05, 4.69) is 0 Å². The Morgan fingerprint density at radius 1 is 1.17 bits per heavy atom. The Morgan fingerprint density at radius 3 is 2.41 bits per heavy atom. The van der Waals surface area contributed by atoms with Crippen LogP contribution in [0.4, 0.5) is 10.1 Å². The highest BCUT2D eigenvalue weighted by atomic mass is 32.2. The number of carbonyl (C=O) groups excluding carboxylic acids is 1. The van der Waals surface area contributed by atoms with Crippen LogP contribution in [0.15, 0.2) is 53.4 Å². The molecule has 0 aromatic heterocycles. The van der Waals surface area contributed by atoms with Crippen molar-refractivity contribution >= 4 is 21.6 Å². The molecule has 156 valence electrons. The Hall–Kier alpha value is -2.45. The SMILES string of the molecule is CCN(C(=O)C1CCCN(S(=O)(=O)c2ccc(OC)cc2)C1)c1ccc(F)cc1. The summed E-state index contributed by atoms with van der Waals surface area (Å²) in [6.07, 6.45) is 1.22. The van der Waals surface area contributed by atoms with Gasteiger partial charge in [0.15, 0.2) is 0 Å². The van der Waals surface area contributed by atoms with Gasteiger partial charge in [-0.05, 0) is 68.3 Å². The first-order valence-electron chi connectivity index (χ1n) is 9.58. The van der Waals surface area contributed by atoms with Crippen molar-refractivity contribution < 1.29 is 22.3 Å². The summed E-state index contributed by atoms with van der Waals surface area (Å²) in [5.41, 5.74) is 0.606. The fourth-order valence-electron chi connectivity index (χ4n) is 3.57. The molecule has 1 atom stereocenters. The van der Waals surface area contributed by atoms with Crippen molar-refractivity contribution in [2.75, 3.05) is 31.6 Å². The van der Waals surface area contributed by atoms with Crippen molar-refractivity contribution in [3.8, 4) is 5.75 Å². The van der Waals surface area contributed by atoms with Crippen molar-refractivity contribution in [2.24, 2.45) is 5.92 Å². The molecule has 8 heteroatoms. The van der Waals surface area contributed by atoms with Gasteiger partial charge in [-0.25, -0.2) is 12.8 Å². The first-order chi connectivity index (χ1) is 13.9. The van der Waals surface area contributed by atoms with Crippen LogP contribution >= 0.6 is 0 Å². The number of piperidine rings is 1. The Balaban J connectivity index is 1.78. The lowest BCUT2D eigenvalue weighted by Crippen LogP contribution is -2.46. The van der Waals surface area contributed by atoms with Crippen molar-refractivity contribution in [1.29, 1.82) is 0 Å². The largest absolute Gasteiger partial charge is 0.497 e. The third-order valence-electron chi connectivity index (χ3n) is 5.15. The number of halogens is 1. The van der Waals surface area contributed by atoms with Gasteiger partial charge in [-0.3, -0.25) is 4.79 Å². The molecule has 6 nitrogen and oxygen atoms in total. The fourth-order valence-corrected chi connectivity index (χ4v) is 5.09. The summed E-state index contributed by atoms with van der Waals surface area (Å²) in [4.78, 5) is 14.9. The number of methoxy groups -OCH3 is 1. The molecule has 2 aromatic rings. The monoisotopic (exact) mass is 420 g/mol. The third kappa shape index (κ3) is 4.59. The van der Waals surface area contributed by atoms with Crippen LogP contribution in [-0.2, 0) is 14.8 Å². The predicted molar refractivity (Wildman–Crippen MR) is 109 cm³/mol. The summed E-state index contributed by atoms with van der Waals surface area (Å²) in [7, 11) is -2.18. The van der Waals surface area contributed by atoms with Gasteiger partial charge >= 0.3 is 0 Å². The molecule has 1 saturated heterocycles. The maximum Gasteiger partial charge on any atom is 0.243 e. The summed E-state index contributed by atoms with van der Waals surface area (Å²) < 4.78 is 45.7. The van der Waals surface area contributed by atoms with E-state index in [0.717, 1.165) is 0 Å². The highest BCUT2D eigenvalue weighted by Crippen LogP contribution is 2.27. The van der Waals surface area contributed by atoms with E-state index in [1.54, 1.807) is 29.2 Å². The van der Waals surface area contributed by atoms with Gasteiger partial charge in [-0.1, -0.05) is 0 Å². The molecule has 3 rings (SSSR count). The van der Waals surface area contributed by atoms with Gasteiger partial charge in [0.25, 0.3) is 0 Å². The molecule has 1 fully saturated rings. The molecule has 1 aliphatic rings. The zero-order valence-electron chi connectivity index (χ0n) is 16.5. The van der Waals surface area contributed by atoms with E-state index in [0.29, 0.717) is 37.4 Å². The summed E-state index contributed by atoms with van der Waals surface area (Å²) in [6, 6.07) is 12.0. The maximum atomic E-state index is 13.2. The fraction of sp³-hybridized carbons (Fsp3) is 0.381. The van der Waals surface area contributed by atoms with Crippen LogP contribution in [0.3, 0.4) is 0 Å². The number of ether oxygens (including phenoxy) is 1. The van der Waals surface area contributed by atoms with Gasteiger partial charge in [-0.15, -0.1) is 0 Å². The average molecular weight is 421 g/mol. The van der Waals surface area contributed by atoms with Crippen molar-refractivity contribution in [3.63, 3.8) is 0 Å². The number of hydrogen-bond donors (Lipinski definition) is 0. The van der Waals surface area contributed by atoms with E-state index >= 15 is 0 Å². The third-order valence-corrected chi connectivity index (χ3v) is 7.03. The first-order valence-corrected chi connectivity index (χ1v) is 11.0. The Kier molecular flexibility index (Phi) is 6.54. The number of anilines is 1. The number of amides is 1. The molecular weight excluding hydrogens is 395 g/mol. The molecule has 0 saturated carbocycles. The number of rotatable bonds is 6. The van der Waals surface area contributed by atoms with Crippen LogP contribution in [-0.4, -0.2) is 45.4 Å². The minimum Gasteiger partial charge on any atom is -0.497 e. The van der Waals surface area contributed by atoms with Gasteiger partial charge in [-0.2, -0.15) is 4.31 Å². The van der Waals surface area contributed by atoms with E-state index in [4.69, 9.17) is 4.74 Å². The Bertz CT molecular complexity index is 946. The van der Waals surface area contributed by atoms with Crippen LogP contribution in [0, 0.1) is 11.7 Å². The van der Waals surface area contributed by atoms with Crippen molar-refractivity contribution in [3.05, 3.63) is 54.3 Å². The van der Waals surface area contributed by atoms with Crippen LogP contribution in [0.1, 0.15) is 19.8 Å². The number of nitrogens with zero attached hydrogens (tertiary/aromatic N) is 2. The Morgan fingerprint density at radius 2 is 1.83 bits per heavy atom. The van der Waals surface area contributed by atoms with Gasteiger partial charge in [0.05, 0.1) is 17.9 Å². The molecule has 1 heterocycles. The molecule has 29 heavy (non-hydrogen) atoms. The first kappa shape index (κ1) is 21.3. The van der Waals surface area contributed by atoms with Crippen LogP contribution in [0.2, 0.25) is 0 Å². The smallest absolute Gasteiger partial charge is 0.243 e. The van der Waals surface area contributed by atoms with E-state index in [-0.39, 0.29) is 23.2 Å². The van der Waals surface area contributed by atoms with Gasteiger partial charge < -0.3 is 9.64 Å². The van der Waals surface area contributed by atoms with Crippen LogP contribution in [0.25, 0.3) is 0 Å². The zero-order chi connectivity index (χ0) is 21.0. The lowest BCUT2D eigenvalue weighted by atomic mass is 9.97. The second-order valence-electron chi connectivity index (χ2n) is 6.94. The highest BCUT2D eigenvalue weighted by Gasteiger charge is 2.35. The van der Waals surface area contributed by atoms with Crippen molar-refractivity contribution in [1.82, 2.24) is 4.31 Å². The zero-order valence-corrected chi connectivity index (χ0v) is 17.4. The quantitative estimate of drug-likeness (QED) is 0.719. The molecule has 1 unspecified atom stereocenters. The van der Waals surface area contributed by atoms with Gasteiger partial charge in [0, 0.05) is 25.3 Å². The molecule has 0 aliphatic carbocycles. The minimum atomic E-state index is -3.70. The number of hydrogen-bond acceptors (Lipinski definition) is 4. The van der Waals surface area contributed by atoms with Crippen molar-refractivity contribution in [2.45, 2.75) is 24.7 Å². The second kappa shape index (κ2) is 8.92. The number of carbonyl (C=O) groups is 1.